The van der Waals surface area contributed by atoms with Crippen molar-refractivity contribution in [3.63, 3.8) is 0 Å². The molecule has 3 rings (SSSR count). The second kappa shape index (κ2) is 5.16. The predicted molar refractivity (Wildman–Crippen MR) is 81.2 cm³/mol. The van der Waals surface area contributed by atoms with Gasteiger partial charge in [0.1, 0.15) is 0 Å². The molecular weight excluding hydrogens is 252 g/mol. The second-order valence-corrected chi connectivity index (χ2v) is 5.72. The number of thiophene rings is 1. The van der Waals surface area contributed by atoms with Crippen LogP contribution < -0.4 is 0 Å². The third-order valence-electron chi connectivity index (χ3n) is 3.81. The molecule has 0 N–H and O–H groups in total. The van der Waals surface area contributed by atoms with Gasteiger partial charge in [0.15, 0.2) is 0 Å². The lowest BCUT2D eigenvalue weighted by Crippen LogP contribution is -2.27. The van der Waals surface area contributed by atoms with Crippen molar-refractivity contribution in [3.8, 4) is 6.07 Å². The van der Waals surface area contributed by atoms with Crippen LogP contribution in [0.25, 0.3) is 15.7 Å². The lowest BCUT2D eigenvalue weighted by molar-refractivity contribution is 0.319. The Morgan fingerprint density at radius 1 is 1.42 bits per heavy atom. The van der Waals surface area contributed by atoms with Crippen LogP contribution in [-0.2, 0) is 0 Å². The van der Waals surface area contributed by atoms with Gasteiger partial charge in [-0.2, -0.15) is 5.26 Å². The fraction of sp³-hybridized carbons (Fsp3) is 0.312. The molecule has 19 heavy (non-hydrogen) atoms. The Hall–Kier alpha value is -1.63. The van der Waals surface area contributed by atoms with Crippen molar-refractivity contribution in [1.82, 2.24) is 4.90 Å². The van der Waals surface area contributed by atoms with Crippen LogP contribution >= 0.6 is 11.3 Å². The first-order chi connectivity index (χ1) is 9.33. The normalized spacial score (nSPS) is 16.3. The van der Waals surface area contributed by atoms with Crippen LogP contribution in [0.15, 0.2) is 29.7 Å². The molecule has 0 radical (unpaired) electrons. The van der Waals surface area contributed by atoms with Crippen LogP contribution in [0.3, 0.4) is 0 Å². The number of hydrogen-bond donors (Lipinski definition) is 0. The Balaban J connectivity index is 2.07. The Morgan fingerprint density at radius 3 is 3.00 bits per heavy atom. The van der Waals surface area contributed by atoms with E-state index in [1.54, 1.807) is 11.3 Å². The number of likely N-dealkylation sites (N-methyl/N-ethyl adjacent to an activating group) is 1. The molecule has 1 aromatic heterocycles. The zero-order valence-electron chi connectivity index (χ0n) is 11.0. The predicted octanol–water partition coefficient (Wildman–Crippen LogP) is 3.88. The van der Waals surface area contributed by atoms with E-state index in [0.29, 0.717) is 0 Å². The molecule has 0 atom stereocenters. The summed E-state index contributed by atoms with van der Waals surface area (Å²) in [6.07, 6.45) is 3.40. The number of benzene rings is 1. The Kier molecular flexibility index (Phi) is 3.37. The third-order valence-corrected chi connectivity index (χ3v) is 4.75. The van der Waals surface area contributed by atoms with Crippen LogP contribution in [0.2, 0.25) is 0 Å². The molecule has 2 aromatic rings. The smallest absolute Gasteiger partial charge is 0.0998 e. The summed E-state index contributed by atoms with van der Waals surface area (Å²) in [4.78, 5) is 2.43. The van der Waals surface area contributed by atoms with Crippen LogP contribution in [0, 0.1) is 11.3 Å². The number of nitriles is 1. The summed E-state index contributed by atoms with van der Waals surface area (Å²) >= 11 is 1.74. The van der Waals surface area contributed by atoms with E-state index in [9.17, 15) is 5.26 Å². The van der Waals surface area contributed by atoms with Gasteiger partial charge in [-0.1, -0.05) is 19.1 Å². The summed E-state index contributed by atoms with van der Waals surface area (Å²) < 4.78 is 1.22. The average molecular weight is 268 g/mol. The lowest BCUT2D eigenvalue weighted by Gasteiger charge is -2.24. The minimum Gasteiger partial charge on any atom is -0.300 e. The first-order valence-electron chi connectivity index (χ1n) is 6.65. The maximum atomic E-state index is 9.28. The van der Waals surface area contributed by atoms with E-state index >= 15 is 0 Å². The molecule has 2 heterocycles. The van der Waals surface area contributed by atoms with Gasteiger partial charge in [-0.05, 0) is 41.6 Å². The number of fused-ring (bicyclic) bond motifs is 1. The van der Waals surface area contributed by atoms with Crippen LogP contribution in [0.5, 0.6) is 0 Å². The van der Waals surface area contributed by atoms with Crippen molar-refractivity contribution < 1.29 is 0 Å². The summed E-state index contributed by atoms with van der Waals surface area (Å²) in [7, 11) is 0. The third kappa shape index (κ3) is 2.18. The molecule has 0 amide bonds. The SMILES string of the molecule is CCN1CC=C(c2csc3cccc(C#N)c23)CC1. The molecule has 96 valence electrons. The first-order valence-corrected chi connectivity index (χ1v) is 7.53. The summed E-state index contributed by atoms with van der Waals surface area (Å²) in [6.45, 7) is 5.45. The molecule has 0 saturated carbocycles. The van der Waals surface area contributed by atoms with Crippen molar-refractivity contribution in [2.24, 2.45) is 0 Å². The maximum absolute atomic E-state index is 9.28. The zero-order valence-corrected chi connectivity index (χ0v) is 11.8. The summed E-state index contributed by atoms with van der Waals surface area (Å²) in [5.41, 5.74) is 3.47. The molecule has 0 bridgehead atoms. The zero-order chi connectivity index (χ0) is 13.2. The van der Waals surface area contributed by atoms with Crippen molar-refractivity contribution >= 4 is 27.0 Å². The topological polar surface area (TPSA) is 27.0 Å². The summed E-state index contributed by atoms with van der Waals surface area (Å²) in [5.74, 6) is 0. The molecule has 1 aliphatic rings. The fourth-order valence-electron chi connectivity index (χ4n) is 2.66. The van der Waals surface area contributed by atoms with Crippen LogP contribution in [0.4, 0.5) is 0 Å². The van der Waals surface area contributed by atoms with Gasteiger partial charge in [0.25, 0.3) is 0 Å². The maximum Gasteiger partial charge on any atom is 0.0998 e. The van der Waals surface area contributed by atoms with E-state index in [4.69, 9.17) is 0 Å². The molecule has 0 fully saturated rings. The van der Waals surface area contributed by atoms with E-state index in [0.717, 1.165) is 37.0 Å². The summed E-state index contributed by atoms with van der Waals surface area (Å²) in [5, 5.41) is 12.6. The quantitative estimate of drug-likeness (QED) is 0.826. The molecule has 0 unspecified atom stereocenters. The Bertz CT molecular complexity index is 676. The standard InChI is InChI=1S/C16H16N2S/c1-2-18-8-6-12(7-9-18)14-11-19-15-5-3-4-13(10-17)16(14)15/h3-6,11H,2,7-9H2,1H3. The van der Waals surface area contributed by atoms with E-state index in [-0.39, 0.29) is 0 Å². The van der Waals surface area contributed by atoms with Crippen molar-refractivity contribution in [1.29, 1.82) is 5.26 Å². The van der Waals surface area contributed by atoms with Gasteiger partial charge in [0.05, 0.1) is 11.6 Å². The number of nitrogens with zero attached hydrogens (tertiary/aromatic N) is 2. The van der Waals surface area contributed by atoms with E-state index in [1.165, 1.54) is 15.8 Å². The molecular formula is C16H16N2S. The molecule has 1 aliphatic heterocycles. The van der Waals surface area contributed by atoms with Gasteiger partial charge in [0, 0.05) is 23.2 Å². The molecule has 0 aliphatic carbocycles. The summed E-state index contributed by atoms with van der Waals surface area (Å²) in [6, 6.07) is 8.31. The van der Waals surface area contributed by atoms with Crippen molar-refractivity contribution in [2.45, 2.75) is 13.3 Å². The largest absolute Gasteiger partial charge is 0.300 e. The Morgan fingerprint density at radius 2 is 2.32 bits per heavy atom. The number of rotatable bonds is 2. The van der Waals surface area contributed by atoms with E-state index in [2.05, 4.69) is 35.4 Å². The highest BCUT2D eigenvalue weighted by Crippen LogP contribution is 2.35. The van der Waals surface area contributed by atoms with Gasteiger partial charge in [0.2, 0.25) is 0 Å². The highest BCUT2D eigenvalue weighted by molar-refractivity contribution is 7.17. The monoisotopic (exact) mass is 268 g/mol. The molecule has 1 aromatic carbocycles. The minimum absolute atomic E-state index is 0.799. The van der Waals surface area contributed by atoms with E-state index < -0.39 is 0 Å². The fourth-order valence-corrected chi connectivity index (χ4v) is 3.67. The van der Waals surface area contributed by atoms with Crippen LogP contribution in [0.1, 0.15) is 24.5 Å². The van der Waals surface area contributed by atoms with Gasteiger partial charge >= 0.3 is 0 Å². The van der Waals surface area contributed by atoms with Crippen molar-refractivity contribution in [2.75, 3.05) is 19.6 Å². The van der Waals surface area contributed by atoms with Crippen molar-refractivity contribution in [3.05, 3.63) is 40.8 Å². The van der Waals surface area contributed by atoms with Gasteiger partial charge in [-0.15, -0.1) is 11.3 Å². The minimum atomic E-state index is 0.799. The van der Waals surface area contributed by atoms with E-state index in [1.807, 2.05) is 12.1 Å². The lowest BCUT2D eigenvalue weighted by atomic mass is 9.97. The van der Waals surface area contributed by atoms with Crippen LogP contribution in [-0.4, -0.2) is 24.5 Å². The van der Waals surface area contributed by atoms with Gasteiger partial charge in [-0.3, -0.25) is 4.90 Å². The second-order valence-electron chi connectivity index (χ2n) is 4.81. The Labute approximate surface area is 117 Å². The highest BCUT2D eigenvalue weighted by atomic mass is 32.1. The first kappa shape index (κ1) is 12.4. The molecule has 3 heteroatoms. The highest BCUT2D eigenvalue weighted by Gasteiger charge is 2.16. The van der Waals surface area contributed by atoms with Gasteiger partial charge in [-0.25, -0.2) is 0 Å². The molecule has 0 saturated heterocycles. The molecule has 2 nitrogen and oxygen atoms in total. The number of hydrogen-bond acceptors (Lipinski definition) is 3. The average Bonchev–Trinajstić information content (AvgIpc) is 2.91. The van der Waals surface area contributed by atoms with Gasteiger partial charge < -0.3 is 0 Å². The molecule has 0 spiro atoms.